The Morgan fingerprint density at radius 2 is 1.82 bits per heavy atom. The zero-order valence-corrected chi connectivity index (χ0v) is 17.5. The molecule has 2 aromatic heterocycles. The summed E-state index contributed by atoms with van der Waals surface area (Å²) in [7, 11) is 0. The molecule has 0 aliphatic carbocycles. The summed E-state index contributed by atoms with van der Waals surface area (Å²) >= 11 is 0. The van der Waals surface area contributed by atoms with Gasteiger partial charge >= 0.3 is 6.18 Å². The number of pyridine rings is 1. The van der Waals surface area contributed by atoms with E-state index in [1.165, 1.54) is 0 Å². The Balaban J connectivity index is 1.47. The predicted molar refractivity (Wildman–Crippen MR) is 113 cm³/mol. The second kappa shape index (κ2) is 9.69. The molecule has 0 radical (unpaired) electrons. The molecule has 0 bridgehead atoms. The number of aromatic nitrogens is 4. The molecule has 1 amide bonds. The number of ether oxygens (including phenoxy) is 1. The first-order valence-electron chi connectivity index (χ1n) is 10.00. The molecule has 0 spiro atoms. The summed E-state index contributed by atoms with van der Waals surface area (Å²) in [5.74, 6) is -1.17. The van der Waals surface area contributed by atoms with Gasteiger partial charge in [-0.15, -0.1) is 5.10 Å². The van der Waals surface area contributed by atoms with E-state index in [-0.39, 0.29) is 18.8 Å². The van der Waals surface area contributed by atoms with Gasteiger partial charge in [0.15, 0.2) is 11.4 Å². The van der Waals surface area contributed by atoms with Gasteiger partial charge in [-0.2, -0.15) is 13.2 Å². The van der Waals surface area contributed by atoms with E-state index in [4.69, 9.17) is 4.74 Å². The second-order valence-corrected chi connectivity index (χ2v) is 7.11. The average Bonchev–Trinajstić information content (AvgIpc) is 3.29. The Kier molecular flexibility index (Phi) is 6.53. The molecule has 0 aliphatic rings. The van der Waals surface area contributed by atoms with Gasteiger partial charge in [-0.1, -0.05) is 23.4 Å². The lowest BCUT2D eigenvalue weighted by Gasteiger charge is -2.12. The smallest absolute Gasteiger partial charge is 0.435 e. The third kappa shape index (κ3) is 5.37. The van der Waals surface area contributed by atoms with E-state index >= 15 is 0 Å². The van der Waals surface area contributed by atoms with Crippen molar-refractivity contribution < 1.29 is 27.1 Å². The number of alkyl halides is 3. The molecule has 0 atom stereocenters. The van der Waals surface area contributed by atoms with Crippen LogP contribution in [0.5, 0.6) is 5.75 Å². The maximum Gasteiger partial charge on any atom is 0.435 e. The largest absolute Gasteiger partial charge is 0.487 e. The van der Waals surface area contributed by atoms with E-state index in [0.29, 0.717) is 16.0 Å². The molecule has 34 heavy (non-hydrogen) atoms. The third-order valence-electron chi connectivity index (χ3n) is 4.69. The summed E-state index contributed by atoms with van der Waals surface area (Å²) in [6.07, 6.45) is -3.28. The van der Waals surface area contributed by atoms with Crippen molar-refractivity contribution in [1.82, 2.24) is 25.3 Å². The Morgan fingerprint density at radius 3 is 2.53 bits per heavy atom. The number of hydrogen-bond donors (Lipinski definition) is 1. The molecule has 7 nitrogen and oxygen atoms in total. The highest BCUT2D eigenvalue weighted by molar-refractivity contribution is 5.93. The van der Waals surface area contributed by atoms with Crippen molar-refractivity contribution in [1.29, 1.82) is 0 Å². The number of carbonyl (C=O) groups is 1. The molecule has 4 aromatic rings. The van der Waals surface area contributed by atoms with Gasteiger partial charge in [0.05, 0.1) is 11.4 Å². The molecule has 2 heterocycles. The fraction of sp³-hybridized carbons (Fsp3) is 0.130. The van der Waals surface area contributed by atoms with Crippen molar-refractivity contribution in [3.8, 4) is 11.4 Å². The summed E-state index contributed by atoms with van der Waals surface area (Å²) in [4.78, 5) is 16.7. The zero-order valence-electron chi connectivity index (χ0n) is 17.5. The van der Waals surface area contributed by atoms with E-state index < -0.39 is 29.3 Å². The summed E-state index contributed by atoms with van der Waals surface area (Å²) in [6.45, 7) is 0.165. The first kappa shape index (κ1) is 22.9. The molecule has 0 saturated heterocycles. The Bertz CT molecular complexity index is 1270. The molecular weight excluding hydrogens is 454 g/mol. The highest BCUT2D eigenvalue weighted by Crippen LogP contribution is 2.32. The molecular formula is C23H17F4N5O2. The summed E-state index contributed by atoms with van der Waals surface area (Å²) in [5.41, 5.74) is -1.00. The molecule has 0 saturated carbocycles. The molecule has 174 valence electrons. The van der Waals surface area contributed by atoms with Crippen molar-refractivity contribution >= 4 is 5.91 Å². The summed E-state index contributed by atoms with van der Waals surface area (Å²) in [5, 5.41) is 9.31. The summed E-state index contributed by atoms with van der Waals surface area (Å²) in [6, 6.07) is 16.4. The van der Waals surface area contributed by atoms with Crippen molar-refractivity contribution in [3.05, 3.63) is 101 Å². The van der Waals surface area contributed by atoms with E-state index in [9.17, 15) is 22.4 Å². The van der Waals surface area contributed by atoms with Crippen LogP contribution in [0.2, 0.25) is 0 Å². The van der Waals surface area contributed by atoms with Gasteiger partial charge in [0, 0.05) is 12.7 Å². The van der Waals surface area contributed by atoms with Crippen LogP contribution >= 0.6 is 0 Å². The molecule has 0 aliphatic heterocycles. The van der Waals surface area contributed by atoms with E-state index in [0.717, 1.165) is 30.0 Å². The minimum absolute atomic E-state index is 0.0691. The van der Waals surface area contributed by atoms with Gasteiger partial charge in [0.25, 0.3) is 5.91 Å². The molecule has 2 aromatic carbocycles. The predicted octanol–water partition coefficient (Wildman–Crippen LogP) is 4.33. The fourth-order valence-electron chi connectivity index (χ4n) is 3.10. The maximum atomic E-state index is 13.7. The van der Waals surface area contributed by atoms with Crippen LogP contribution in [0.3, 0.4) is 0 Å². The van der Waals surface area contributed by atoms with Crippen LogP contribution in [0, 0.1) is 5.82 Å². The minimum Gasteiger partial charge on any atom is -0.487 e. The minimum atomic E-state index is -4.93. The van der Waals surface area contributed by atoms with Crippen LogP contribution in [-0.4, -0.2) is 25.9 Å². The Hall–Kier alpha value is -4.28. The van der Waals surface area contributed by atoms with Crippen LogP contribution in [0.25, 0.3) is 5.69 Å². The van der Waals surface area contributed by atoms with Crippen LogP contribution in [-0.2, 0) is 19.3 Å². The first-order chi connectivity index (χ1) is 16.3. The Morgan fingerprint density at radius 1 is 1.03 bits per heavy atom. The molecule has 1 N–H and O–H groups in total. The van der Waals surface area contributed by atoms with Crippen LogP contribution in [0.1, 0.15) is 27.4 Å². The van der Waals surface area contributed by atoms with E-state index in [1.807, 2.05) is 6.07 Å². The number of benzene rings is 2. The molecule has 11 heteroatoms. The molecule has 0 fully saturated rings. The SMILES string of the molecule is O=C(NCc1cccc(OCc2ccccn2)c1)c1nnn(-c2ccc(F)cc2)c1C(F)(F)F. The molecule has 0 unspecified atom stereocenters. The van der Waals surface area contributed by atoms with E-state index in [2.05, 4.69) is 20.6 Å². The lowest BCUT2D eigenvalue weighted by atomic mass is 10.2. The zero-order chi connectivity index (χ0) is 24.1. The molecule has 4 rings (SSSR count). The first-order valence-corrected chi connectivity index (χ1v) is 10.00. The van der Waals surface area contributed by atoms with Crippen LogP contribution in [0.4, 0.5) is 17.6 Å². The second-order valence-electron chi connectivity index (χ2n) is 7.11. The van der Waals surface area contributed by atoms with Crippen LogP contribution < -0.4 is 10.1 Å². The average molecular weight is 471 g/mol. The quantitative estimate of drug-likeness (QED) is 0.406. The number of nitrogens with one attached hydrogen (secondary N) is 1. The maximum absolute atomic E-state index is 13.7. The van der Waals surface area contributed by atoms with E-state index in [1.54, 1.807) is 42.6 Å². The lowest BCUT2D eigenvalue weighted by Crippen LogP contribution is -2.27. The normalized spacial score (nSPS) is 11.3. The number of amides is 1. The fourth-order valence-corrected chi connectivity index (χ4v) is 3.10. The Labute approximate surface area is 191 Å². The highest BCUT2D eigenvalue weighted by atomic mass is 19.4. The van der Waals surface area contributed by atoms with Gasteiger partial charge < -0.3 is 10.1 Å². The van der Waals surface area contributed by atoms with Gasteiger partial charge in [0.1, 0.15) is 18.2 Å². The van der Waals surface area contributed by atoms with Crippen molar-refractivity contribution in [2.75, 3.05) is 0 Å². The van der Waals surface area contributed by atoms with Gasteiger partial charge in [0.2, 0.25) is 0 Å². The number of rotatable bonds is 7. The lowest BCUT2D eigenvalue weighted by molar-refractivity contribution is -0.143. The summed E-state index contributed by atoms with van der Waals surface area (Å²) < 4.78 is 60.5. The number of halogens is 4. The number of hydrogen-bond acceptors (Lipinski definition) is 5. The monoisotopic (exact) mass is 471 g/mol. The number of nitrogens with zero attached hydrogens (tertiary/aromatic N) is 4. The van der Waals surface area contributed by atoms with Gasteiger partial charge in [-0.3, -0.25) is 9.78 Å². The topological polar surface area (TPSA) is 81.9 Å². The van der Waals surface area contributed by atoms with Crippen molar-refractivity contribution in [2.45, 2.75) is 19.3 Å². The van der Waals surface area contributed by atoms with Gasteiger partial charge in [-0.05, 0) is 54.1 Å². The number of carbonyl (C=O) groups excluding carboxylic acids is 1. The van der Waals surface area contributed by atoms with Crippen molar-refractivity contribution in [3.63, 3.8) is 0 Å². The van der Waals surface area contributed by atoms with Gasteiger partial charge in [-0.25, -0.2) is 9.07 Å². The van der Waals surface area contributed by atoms with Crippen LogP contribution in [0.15, 0.2) is 72.9 Å². The standard InChI is InChI=1S/C23H17F4N5O2/c24-16-7-9-18(10-8-16)32-21(23(25,26)27)20(30-31-32)22(33)29-13-15-4-3-6-19(12-15)34-14-17-5-1-2-11-28-17/h1-12H,13-14H2,(H,29,33). The highest BCUT2D eigenvalue weighted by Gasteiger charge is 2.42. The third-order valence-corrected chi connectivity index (χ3v) is 4.69. The van der Waals surface area contributed by atoms with Crippen molar-refractivity contribution in [2.24, 2.45) is 0 Å².